The molecule has 2 aliphatic carbocycles. The van der Waals surface area contributed by atoms with Crippen LogP contribution in [0, 0.1) is 11.3 Å². The van der Waals surface area contributed by atoms with Crippen molar-refractivity contribution in [3.63, 3.8) is 0 Å². The molecule has 1 heterocycles. The Bertz CT molecular complexity index is 926. The number of rotatable bonds is 5. The highest BCUT2D eigenvalue weighted by molar-refractivity contribution is 14.1. The van der Waals surface area contributed by atoms with Gasteiger partial charge in [0.25, 0.3) is 5.91 Å². The van der Waals surface area contributed by atoms with E-state index in [1.807, 2.05) is 35.1 Å². The maximum atomic E-state index is 13.8. The van der Waals surface area contributed by atoms with Crippen LogP contribution in [0.3, 0.4) is 0 Å². The Balaban J connectivity index is 1.80. The Morgan fingerprint density at radius 1 is 1.31 bits per heavy atom. The zero-order valence-electron chi connectivity index (χ0n) is 18.3. The summed E-state index contributed by atoms with van der Waals surface area (Å²) >= 11 is 1.89. The van der Waals surface area contributed by atoms with Crippen LogP contribution < -0.4 is 5.73 Å². The molecule has 0 saturated heterocycles. The van der Waals surface area contributed by atoms with E-state index in [4.69, 9.17) is 8.80 Å². The molecule has 176 valence electrons. The van der Waals surface area contributed by atoms with Crippen molar-refractivity contribution in [2.24, 2.45) is 22.1 Å². The van der Waals surface area contributed by atoms with E-state index in [0.717, 1.165) is 42.4 Å². The fraction of sp³-hybridized carbons (Fsp3) is 0.652. The quantitative estimate of drug-likeness (QED) is 0.511. The lowest BCUT2D eigenvalue weighted by atomic mass is 9.61. The molecule has 2 spiro atoms. The number of hydrogen-bond acceptors (Lipinski definition) is 4. The van der Waals surface area contributed by atoms with Gasteiger partial charge in [0.15, 0.2) is 11.5 Å². The van der Waals surface area contributed by atoms with Crippen LogP contribution in [-0.2, 0) is 26.2 Å². The third-order valence-electron chi connectivity index (χ3n) is 7.34. The molecule has 1 aliphatic heterocycles. The van der Waals surface area contributed by atoms with Gasteiger partial charge in [-0.05, 0) is 67.6 Å². The molecule has 0 unspecified atom stereocenters. The molecular weight excluding hydrogens is 534 g/mol. The molecule has 1 amide bonds. The van der Waals surface area contributed by atoms with Crippen LogP contribution in [-0.4, -0.2) is 35.6 Å². The second-order valence-electron chi connectivity index (χ2n) is 9.86. The minimum atomic E-state index is -4.55. The number of aryl methyl sites for hydroxylation is 1. The number of benzene rings is 1. The fourth-order valence-electron chi connectivity index (χ4n) is 5.71. The maximum Gasteiger partial charge on any atom is 0.406 e. The first kappa shape index (κ1) is 23.8. The monoisotopic (exact) mass is 563 g/mol. The summed E-state index contributed by atoms with van der Waals surface area (Å²) in [4.78, 5) is 19.0. The van der Waals surface area contributed by atoms with Crippen LogP contribution in [0.5, 0.6) is 0 Å². The van der Waals surface area contributed by atoms with E-state index in [1.54, 1.807) is 0 Å². The molecule has 1 atom stereocenters. The van der Waals surface area contributed by atoms with Gasteiger partial charge in [-0.15, -0.1) is 0 Å². The van der Waals surface area contributed by atoms with Crippen LogP contribution in [0.4, 0.5) is 13.2 Å². The number of hydrogen-bond donors (Lipinski definition) is 1. The average molecular weight is 563 g/mol. The highest BCUT2D eigenvalue weighted by Gasteiger charge is 2.67. The Morgan fingerprint density at radius 2 is 2.00 bits per heavy atom. The summed E-state index contributed by atoms with van der Waals surface area (Å²) in [6.07, 6.45) is 0.751. The highest BCUT2D eigenvalue weighted by atomic mass is 127. The largest absolute Gasteiger partial charge is 0.406 e. The molecule has 1 aromatic carbocycles. The van der Waals surface area contributed by atoms with Gasteiger partial charge in [0.1, 0.15) is 29.6 Å². The van der Waals surface area contributed by atoms with Gasteiger partial charge in [-0.2, -0.15) is 13.2 Å². The second-order valence-corrected chi connectivity index (χ2v) is 10.4. The van der Waals surface area contributed by atoms with Gasteiger partial charge >= 0.3 is 6.18 Å². The second kappa shape index (κ2) is 8.45. The molecule has 1 aromatic rings. The minimum Gasteiger partial charge on any atom is -0.369 e. The zero-order chi connectivity index (χ0) is 23.3. The lowest BCUT2D eigenvalue weighted by Crippen LogP contribution is -2.53. The highest BCUT2D eigenvalue weighted by Crippen LogP contribution is 2.62. The van der Waals surface area contributed by atoms with Crippen molar-refractivity contribution >= 4 is 34.9 Å². The number of fused-ring (bicyclic) bond motifs is 3. The van der Waals surface area contributed by atoms with Gasteiger partial charge in [-0.1, -0.05) is 32.0 Å². The first-order valence-corrected chi connectivity index (χ1v) is 12.0. The van der Waals surface area contributed by atoms with Crippen LogP contribution in [0.1, 0.15) is 62.6 Å². The molecule has 5 nitrogen and oxygen atoms in total. The van der Waals surface area contributed by atoms with Crippen molar-refractivity contribution < 1.29 is 21.0 Å². The molecule has 0 radical (unpaired) electrons. The average Bonchev–Trinajstić information content (AvgIpc) is 3.13. The van der Waals surface area contributed by atoms with Crippen molar-refractivity contribution in [3.05, 3.63) is 34.9 Å². The Kier molecular flexibility index (Phi) is 6.28. The molecule has 9 heteroatoms. The van der Waals surface area contributed by atoms with Gasteiger partial charge in [-0.3, -0.25) is 9.69 Å². The molecule has 4 rings (SSSR count). The van der Waals surface area contributed by atoms with E-state index in [-0.39, 0.29) is 12.1 Å². The summed E-state index contributed by atoms with van der Waals surface area (Å²) in [7, 11) is 0. The van der Waals surface area contributed by atoms with Gasteiger partial charge in [0.05, 0.1) is 6.10 Å². The van der Waals surface area contributed by atoms with Gasteiger partial charge in [0.2, 0.25) is 0 Å². The van der Waals surface area contributed by atoms with E-state index in [0.29, 0.717) is 30.1 Å². The maximum absolute atomic E-state index is 13.8. The lowest BCUT2D eigenvalue weighted by Gasteiger charge is -2.45. The number of carbonyl (C=O) groups is 1. The van der Waals surface area contributed by atoms with E-state index < -0.39 is 29.6 Å². The van der Waals surface area contributed by atoms with Crippen molar-refractivity contribution in [1.29, 1.82) is 0 Å². The molecule has 0 aromatic heterocycles. The van der Waals surface area contributed by atoms with Crippen LogP contribution in [0.15, 0.2) is 23.2 Å². The standard InChI is InChI=1S/C23H29F3IN3O2/c1-14(2)3-4-15-5-6-16-12-21(9-7-17(32-27)8-10-21)23(18(16)11-15)19(31)30(20(28)29-23)13-22(24,25)26/h5-6,11,14,17H,3-4,7-10,12-13H2,1-2H3,(H2,28,29)/t17?,21?,23-/m1/s1. The van der Waals surface area contributed by atoms with Gasteiger partial charge in [-0.25, -0.2) is 4.99 Å². The van der Waals surface area contributed by atoms with E-state index in [9.17, 15) is 18.0 Å². The first-order chi connectivity index (χ1) is 15.0. The third kappa shape index (κ3) is 3.93. The summed E-state index contributed by atoms with van der Waals surface area (Å²) in [6, 6.07) is 6.11. The number of halogens is 4. The van der Waals surface area contributed by atoms with Crippen molar-refractivity contribution in [1.82, 2.24) is 4.90 Å². The zero-order valence-corrected chi connectivity index (χ0v) is 20.5. The van der Waals surface area contributed by atoms with E-state index in [2.05, 4.69) is 24.9 Å². The number of nitrogens with two attached hydrogens (primary N) is 1. The van der Waals surface area contributed by atoms with Crippen molar-refractivity contribution in [2.75, 3.05) is 6.54 Å². The molecular formula is C23H29F3IN3O2. The summed E-state index contributed by atoms with van der Waals surface area (Å²) in [5.74, 6) is -0.448. The number of carbonyl (C=O) groups excluding carboxylic acids is 1. The first-order valence-electron chi connectivity index (χ1n) is 11.1. The predicted octanol–water partition coefficient (Wildman–Crippen LogP) is 5.04. The van der Waals surface area contributed by atoms with Gasteiger partial charge in [0, 0.05) is 5.41 Å². The topological polar surface area (TPSA) is 67.9 Å². The summed E-state index contributed by atoms with van der Waals surface area (Å²) in [5.41, 5.74) is 6.84. The van der Waals surface area contributed by atoms with E-state index in [1.165, 1.54) is 0 Å². The van der Waals surface area contributed by atoms with Gasteiger partial charge < -0.3 is 8.80 Å². The fourth-order valence-corrected chi connectivity index (χ4v) is 6.22. The third-order valence-corrected chi connectivity index (χ3v) is 8.06. The smallest absolute Gasteiger partial charge is 0.369 e. The number of guanidine groups is 1. The minimum absolute atomic E-state index is 0.0766. The van der Waals surface area contributed by atoms with Crippen LogP contribution >= 0.6 is 23.0 Å². The Hall–Kier alpha value is -1.36. The van der Waals surface area contributed by atoms with E-state index >= 15 is 0 Å². The molecule has 2 N–H and O–H groups in total. The summed E-state index contributed by atoms with van der Waals surface area (Å²) in [6.45, 7) is 2.89. The number of amides is 1. The number of alkyl halides is 3. The van der Waals surface area contributed by atoms with Crippen LogP contribution in [0.2, 0.25) is 0 Å². The summed E-state index contributed by atoms with van der Waals surface area (Å²) in [5, 5.41) is 0. The number of aliphatic imine (C=N–C) groups is 1. The SMILES string of the molecule is CC(C)CCc1ccc2c(c1)[C@]1(N=C(N)N(CC(F)(F)F)C1=O)C1(CCC(OI)CC1)C2. The lowest BCUT2D eigenvalue weighted by molar-refractivity contribution is -0.158. The molecule has 1 saturated carbocycles. The number of nitrogens with zero attached hydrogens (tertiary/aromatic N) is 2. The Labute approximate surface area is 200 Å². The van der Waals surface area contributed by atoms with Crippen molar-refractivity contribution in [2.45, 2.75) is 76.6 Å². The van der Waals surface area contributed by atoms with Crippen LogP contribution in [0.25, 0.3) is 0 Å². The predicted molar refractivity (Wildman–Crippen MR) is 124 cm³/mol. The molecule has 0 bridgehead atoms. The molecule has 3 aliphatic rings. The summed E-state index contributed by atoms with van der Waals surface area (Å²) < 4.78 is 45.3. The Morgan fingerprint density at radius 3 is 2.59 bits per heavy atom. The van der Waals surface area contributed by atoms with Crippen molar-refractivity contribution in [3.8, 4) is 0 Å². The normalized spacial score (nSPS) is 30.0. The molecule has 32 heavy (non-hydrogen) atoms. The molecule has 1 fully saturated rings.